The van der Waals surface area contributed by atoms with E-state index in [2.05, 4.69) is 17.3 Å². The molecule has 2 amide bonds. The van der Waals surface area contributed by atoms with Crippen molar-refractivity contribution in [2.75, 3.05) is 6.79 Å². The van der Waals surface area contributed by atoms with E-state index in [4.69, 9.17) is 14.2 Å². The lowest BCUT2D eigenvalue weighted by Gasteiger charge is -2.13. The summed E-state index contributed by atoms with van der Waals surface area (Å²) in [7, 11) is 0. The third-order valence-corrected chi connectivity index (χ3v) is 6.51. The summed E-state index contributed by atoms with van der Waals surface area (Å²) in [5.41, 5.74) is 1.64. The van der Waals surface area contributed by atoms with Gasteiger partial charge < -0.3 is 14.2 Å². The molecule has 0 aromatic heterocycles. The van der Waals surface area contributed by atoms with Crippen LogP contribution in [0.15, 0.2) is 59.7 Å². The van der Waals surface area contributed by atoms with Crippen LogP contribution in [0, 0.1) is 23.7 Å². The lowest BCUT2D eigenvalue weighted by Crippen LogP contribution is -2.28. The van der Waals surface area contributed by atoms with Crippen LogP contribution in [0.3, 0.4) is 0 Å². The summed E-state index contributed by atoms with van der Waals surface area (Å²) in [6.07, 6.45) is 6.58. The Bertz CT molecular complexity index is 1110. The molecule has 7 nitrogen and oxygen atoms in total. The number of carbonyl (C=O) groups excluding carboxylic acids is 2. The fraction of sp³-hybridized carbons (Fsp3) is 0.292. The first-order chi connectivity index (χ1) is 15.2. The molecule has 0 N–H and O–H groups in total. The number of allylic oxidation sites excluding steroid dienone is 2. The van der Waals surface area contributed by atoms with E-state index in [1.54, 1.807) is 0 Å². The molecule has 156 valence electrons. The summed E-state index contributed by atoms with van der Waals surface area (Å²) in [5, 5.41) is 5.31. The van der Waals surface area contributed by atoms with Gasteiger partial charge in [-0.1, -0.05) is 30.4 Å². The molecule has 4 aliphatic rings. The van der Waals surface area contributed by atoms with Crippen molar-refractivity contribution in [1.82, 2.24) is 5.01 Å². The van der Waals surface area contributed by atoms with E-state index < -0.39 is 0 Å². The minimum absolute atomic E-state index is 0.170. The number of amides is 2. The molecule has 0 spiro atoms. The van der Waals surface area contributed by atoms with E-state index >= 15 is 0 Å². The van der Waals surface area contributed by atoms with Crippen molar-refractivity contribution in [3.05, 3.63) is 65.7 Å². The number of hydrogen-bond donors (Lipinski definition) is 0. The van der Waals surface area contributed by atoms with Crippen molar-refractivity contribution >= 4 is 18.0 Å². The molecular weight excluding hydrogens is 396 g/mol. The van der Waals surface area contributed by atoms with Crippen LogP contribution in [-0.2, 0) is 16.2 Å². The molecule has 0 radical (unpaired) electrons. The highest BCUT2D eigenvalue weighted by Gasteiger charge is 2.59. The van der Waals surface area contributed by atoms with Gasteiger partial charge in [0.15, 0.2) is 11.5 Å². The zero-order chi connectivity index (χ0) is 20.9. The lowest BCUT2D eigenvalue weighted by molar-refractivity contribution is -0.140. The number of nitrogens with zero attached hydrogens (tertiary/aromatic N) is 2. The highest BCUT2D eigenvalue weighted by Crippen LogP contribution is 2.52. The second-order valence-electron chi connectivity index (χ2n) is 8.25. The summed E-state index contributed by atoms with van der Waals surface area (Å²) < 4.78 is 16.7. The number of imide groups is 1. The highest BCUT2D eigenvalue weighted by atomic mass is 16.7. The van der Waals surface area contributed by atoms with Crippen molar-refractivity contribution in [2.45, 2.75) is 13.0 Å². The Balaban J connectivity index is 1.18. The van der Waals surface area contributed by atoms with Gasteiger partial charge in [-0.2, -0.15) is 10.1 Å². The van der Waals surface area contributed by atoms with E-state index in [0.29, 0.717) is 23.7 Å². The molecule has 2 heterocycles. The summed E-state index contributed by atoms with van der Waals surface area (Å²) in [6.45, 7) is 0.564. The monoisotopic (exact) mass is 416 g/mol. The van der Waals surface area contributed by atoms with Gasteiger partial charge in [-0.25, -0.2) is 0 Å². The van der Waals surface area contributed by atoms with Crippen LogP contribution >= 0.6 is 0 Å². The number of fused-ring (bicyclic) bond motifs is 6. The Hall–Kier alpha value is -3.61. The zero-order valence-electron chi connectivity index (χ0n) is 16.6. The molecule has 7 heteroatoms. The van der Waals surface area contributed by atoms with Crippen LogP contribution in [-0.4, -0.2) is 29.8 Å². The topological polar surface area (TPSA) is 77.4 Å². The van der Waals surface area contributed by atoms with E-state index in [1.807, 2.05) is 42.5 Å². The van der Waals surface area contributed by atoms with Crippen LogP contribution < -0.4 is 14.2 Å². The fourth-order valence-corrected chi connectivity index (χ4v) is 5.03. The Kier molecular flexibility index (Phi) is 4.09. The van der Waals surface area contributed by atoms with Crippen LogP contribution in [0.5, 0.6) is 17.2 Å². The van der Waals surface area contributed by atoms with E-state index in [-0.39, 0.29) is 42.3 Å². The average molecular weight is 416 g/mol. The predicted octanol–water partition coefficient (Wildman–Crippen LogP) is 3.14. The van der Waals surface area contributed by atoms with Gasteiger partial charge in [0.05, 0.1) is 18.1 Å². The van der Waals surface area contributed by atoms with Crippen molar-refractivity contribution < 1.29 is 23.8 Å². The molecule has 4 atom stereocenters. The first-order valence-electron chi connectivity index (χ1n) is 10.4. The van der Waals surface area contributed by atoms with Gasteiger partial charge in [-0.05, 0) is 48.1 Å². The molecule has 2 bridgehead atoms. The Labute approximate surface area is 178 Å². The first kappa shape index (κ1) is 18.2. The number of rotatable bonds is 5. The Morgan fingerprint density at radius 2 is 1.74 bits per heavy atom. The number of hydrogen-bond acceptors (Lipinski definition) is 6. The third-order valence-electron chi connectivity index (χ3n) is 6.51. The van der Waals surface area contributed by atoms with Crippen LogP contribution in [0.4, 0.5) is 0 Å². The smallest absolute Gasteiger partial charge is 0.254 e. The minimum atomic E-state index is -0.253. The van der Waals surface area contributed by atoms with Crippen LogP contribution in [0.1, 0.15) is 17.5 Å². The number of benzene rings is 2. The van der Waals surface area contributed by atoms with Gasteiger partial charge in [0.25, 0.3) is 11.8 Å². The Morgan fingerprint density at radius 1 is 1.00 bits per heavy atom. The summed E-state index contributed by atoms with van der Waals surface area (Å²) in [6, 6.07) is 13.1. The fourth-order valence-electron chi connectivity index (χ4n) is 5.03. The van der Waals surface area contributed by atoms with Crippen molar-refractivity contribution in [1.29, 1.82) is 0 Å². The molecule has 2 aromatic rings. The molecule has 2 aromatic carbocycles. The van der Waals surface area contributed by atoms with Crippen molar-refractivity contribution in [3.8, 4) is 17.2 Å². The van der Waals surface area contributed by atoms with Crippen LogP contribution in [0.25, 0.3) is 0 Å². The standard InChI is InChI=1S/C24H20N2O5/c27-23-21-15-6-7-16(10-15)22(21)24(28)26(23)25-11-17-3-1-2-4-18(17)29-12-14-5-8-19-20(9-14)31-13-30-19/h1-9,11,15-16,21-22H,10,12-13H2. The van der Waals surface area contributed by atoms with Gasteiger partial charge in [-0.15, -0.1) is 0 Å². The second kappa shape index (κ2) is 6.97. The maximum Gasteiger partial charge on any atom is 0.254 e. The maximum absolute atomic E-state index is 12.8. The minimum Gasteiger partial charge on any atom is -0.488 e. The third kappa shape index (κ3) is 2.91. The summed E-state index contributed by atoms with van der Waals surface area (Å²) >= 11 is 0. The molecule has 1 saturated carbocycles. The molecule has 1 saturated heterocycles. The second-order valence-corrected chi connectivity index (χ2v) is 8.25. The maximum atomic E-state index is 12.8. The lowest BCUT2D eigenvalue weighted by atomic mass is 9.85. The van der Waals surface area contributed by atoms with Gasteiger partial charge >= 0.3 is 0 Å². The molecule has 2 aliphatic heterocycles. The molecule has 4 unspecified atom stereocenters. The summed E-state index contributed by atoms with van der Waals surface area (Å²) in [5.74, 6) is 1.50. The quantitative estimate of drug-likeness (QED) is 0.425. The van der Waals surface area contributed by atoms with E-state index in [1.165, 1.54) is 6.21 Å². The highest BCUT2D eigenvalue weighted by molar-refractivity contribution is 6.06. The van der Waals surface area contributed by atoms with E-state index in [9.17, 15) is 9.59 Å². The summed E-state index contributed by atoms with van der Waals surface area (Å²) in [4.78, 5) is 25.6. The molecular formula is C24H20N2O5. The van der Waals surface area contributed by atoms with Gasteiger partial charge in [0, 0.05) is 5.56 Å². The average Bonchev–Trinajstić information content (AvgIpc) is 3.56. The molecule has 6 rings (SSSR count). The van der Waals surface area contributed by atoms with Crippen LogP contribution in [0.2, 0.25) is 0 Å². The first-order valence-corrected chi connectivity index (χ1v) is 10.4. The molecule has 31 heavy (non-hydrogen) atoms. The van der Waals surface area contributed by atoms with Crippen molar-refractivity contribution in [3.63, 3.8) is 0 Å². The zero-order valence-corrected chi connectivity index (χ0v) is 16.6. The van der Waals surface area contributed by atoms with Gasteiger partial charge in [0.2, 0.25) is 6.79 Å². The molecule has 2 aliphatic carbocycles. The van der Waals surface area contributed by atoms with Crippen molar-refractivity contribution in [2.24, 2.45) is 28.8 Å². The number of hydrazone groups is 1. The SMILES string of the molecule is O=C1C2C3C=CC(C3)C2C(=O)N1N=Cc1ccccc1OCc1ccc2c(c1)OCO2. The normalized spacial score (nSPS) is 27.5. The molecule has 2 fully saturated rings. The Morgan fingerprint density at radius 3 is 2.55 bits per heavy atom. The van der Waals surface area contributed by atoms with Gasteiger partial charge in [-0.3, -0.25) is 9.59 Å². The number of carbonyl (C=O) groups is 2. The van der Waals surface area contributed by atoms with Gasteiger partial charge in [0.1, 0.15) is 12.4 Å². The van der Waals surface area contributed by atoms with E-state index in [0.717, 1.165) is 22.7 Å². The number of para-hydroxylation sites is 1. The number of ether oxygens (including phenoxy) is 3. The largest absolute Gasteiger partial charge is 0.488 e. The predicted molar refractivity (Wildman–Crippen MR) is 111 cm³/mol.